The summed E-state index contributed by atoms with van der Waals surface area (Å²) in [7, 11) is -3.42. The minimum Gasteiger partial charge on any atom is -0.478 e. The highest BCUT2D eigenvalue weighted by atomic mass is 32.2. The van der Waals surface area contributed by atoms with Crippen molar-refractivity contribution >= 4 is 27.4 Å². The average Bonchev–Trinajstić information content (AvgIpc) is 2.14. The molecule has 1 rings (SSSR count). The maximum atomic E-state index is 11.2. The number of amides is 1. The third-order valence-electron chi connectivity index (χ3n) is 1.66. The van der Waals surface area contributed by atoms with E-state index in [-0.39, 0.29) is 11.3 Å². The minimum atomic E-state index is -3.42. The molecule has 1 heterocycles. The van der Waals surface area contributed by atoms with Crippen LogP contribution in [-0.4, -0.2) is 42.4 Å². The lowest BCUT2D eigenvalue weighted by molar-refractivity contribution is -0.113. The number of sulfone groups is 1. The molecule has 1 aromatic heterocycles. The van der Waals surface area contributed by atoms with Gasteiger partial charge in [-0.15, -0.1) is 0 Å². The van der Waals surface area contributed by atoms with Crippen molar-refractivity contribution in [1.29, 1.82) is 0 Å². The molecule has 1 amide bonds. The smallest absolute Gasteiger partial charge is 0.337 e. The number of carbonyl (C=O) groups is 2. The fourth-order valence-electron chi connectivity index (χ4n) is 1.06. The second-order valence-electron chi connectivity index (χ2n) is 3.39. The van der Waals surface area contributed by atoms with E-state index < -0.39 is 27.5 Å². The van der Waals surface area contributed by atoms with Crippen LogP contribution in [0.4, 0.5) is 5.69 Å². The second-order valence-corrected chi connectivity index (χ2v) is 5.53. The summed E-state index contributed by atoms with van der Waals surface area (Å²) in [6.45, 7) is 0. The molecule has 0 aliphatic rings. The molecule has 7 nitrogen and oxygen atoms in total. The number of nitrogens with zero attached hydrogens (tertiary/aromatic N) is 1. The van der Waals surface area contributed by atoms with Crippen LogP contribution >= 0.6 is 0 Å². The van der Waals surface area contributed by atoms with Crippen LogP contribution in [0.25, 0.3) is 0 Å². The molecule has 0 bridgehead atoms. The van der Waals surface area contributed by atoms with Crippen molar-refractivity contribution in [3.05, 3.63) is 24.0 Å². The van der Waals surface area contributed by atoms with E-state index in [0.717, 1.165) is 12.5 Å². The van der Waals surface area contributed by atoms with Crippen molar-refractivity contribution in [3.63, 3.8) is 0 Å². The van der Waals surface area contributed by atoms with Crippen molar-refractivity contribution in [3.8, 4) is 0 Å². The third kappa shape index (κ3) is 4.60. The number of rotatable bonds is 4. The molecule has 2 N–H and O–H groups in total. The van der Waals surface area contributed by atoms with E-state index in [1.807, 2.05) is 0 Å². The van der Waals surface area contributed by atoms with E-state index in [0.29, 0.717) is 0 Å². The normalized spacial score (nSPS) is 10.9. The number of nitrogens with one attached hydrogen (secondary N) is 1. The maximum absolute atomic E-state index is 11.2. The summed E-state index contributed by atoms with van der Waals surface area (Å²) in [6.07, 6.45) is 3.28. The molecule has 0 unspecified atom stereocenters. The Labute approximate surface area is 97.4 Å². The summed E-state index contributed by atoms with van der Waals surface area (Å²) in [5, 5.41) is 10.9. The first-order chi connectivity index (χ1) is 7.78. The van der Waals surface area contributed by atoms with Crippen LogP contribution in [0.3, 0.4) is 0 Å². The molecule has 0 spiro atoms. The predicted molar refractivity (Wildman–Crippen MR) is 59.5 cm³/mol. The summed E-state index contributed by atoms with van der Waals surface area (Å²) >= 11 is 0. The molecule has 0 aliphatic carbocycles. The van der Waals surface area contributed by atoms with Gasteiger partial charge in [0.25, 0.3) is 0 Å². The fraction of sp³-hybridized carbons (Fsp3) is 0.222. The molecule has 0 radical (unpaired) electrons. The SMILES string of the molecule is CS(=O)(=O)CC(=O)Nc1cncc(C(=O)O)c1. The van der Waals surface area contributed by atoms with Gasteiger partial charge in [0, 0.05) is 12.5 Å². The third-order valence-corrected chi connectivity index (χ3v) is 2.45. The first-order valence-corrected chi connectivity index (χ1v) is 6.50. The Kier molecular flexibility index (Phi) is 3.79. The molecule has 0 aromatic carbocycles. The lowest BCUT2D eigenvalue weighted by Crippen LogP contribution is -2.22. The van der Waals surface area contributed by atoms with Gasteiger partial charge < -0.3 is 10.4 Å². The summed E-state index contributed by atoms with van der Waals surface area (Å²) in [5.74, 6) is -2.59. The van der Waals surface area contributed by atoms with Crippen molar-refractivity contribution in [2.24, 2.45) is 0 Å². The van der Waals surface area contributed by atoms with Crippen LogP contribution < -0.4 is 5.32 Å². The van der Waals surface area contributed by atoms with Gasteiger partial charge in [-0.2, -0.15) is 0 Å². The van der Waals surface area contributed by atoms with Gasteiger partial charge in [-0.05, 0) is 6.07 Å². The molecule has 92 valence electrons. The number of pyridine rings is 1. The number of aromatic carboxylic acids is 1. The minimum absolute atomic E-state index is 0.0952. The number of aromatic nitrogens is 1. The zero-order valence-corrected chi connectivity index (χ0v) is 9.69. The van der Waals surface area contributed by atoms with Crippen LogP contribution in [0.5, 0.6) is 0 Å². The van der Waals surface area contributed by atoms with Gasteiger partial charge in [-0.25, -0.2) is 13.2 Å². The first kappa shape index (κ1) is 13.1. The summed E-state index contributed by atoms with van der Waals surface area (Å²) in [4.78, 5) is 25.5. The van der Waals surface area contributed by atoms with Crippen LogP contribution in [0.1, 0.15) is 10.4 Å². The Bertz CT molecular complexity index is 552. The Morgan fingerprint density at radius 3 is 2.59 bits per heavy atom. The van der Waals surface area contributed by atoms with Gasteiger partial charge in [-0.1, -0.05) is 0 Å². The zero-order valence-electron chi connectivity index (χ0n) is 8.87. The highest BCUT2D eigenvalue weighted by molar-refractivity contribution is 7.91. The van der Waals surface area contributed by atoms with E-state index in [1.165, 1.54) is 12.3 Å². The molecular formula is C9H10N2O5S. The number of carboxylic acid groups (broad SMARTS) is 1. The van der Waals surface area contributed by atoms with Gasteiger partial charge in [0.05, 0.1) is 17.4 Å². The van der Waals surface area contributed by atoms with Gasteiger partial charge >= 0.3 is 5.97 Å². The van der Waals surface area contributed by atoms with Crippen molar-refractivity contribution in [2.45, 2.75) is 0 Å². The van der Waals surface area contributed by atoms with Crippen molar-refractivity contribution < 1.29 is 23.1 Å². The van der Waals surface area contributed by atoms with E-state index in [2.05, 4.69) is 10.3 Å². The largest absolute Gasteiger partial charge is 0.478 e. The Hall–Kier alpha value is -1.96. The predicted octanol–water partition coefficient (Wildman–Crippen LogP) is -0.237. The highest BCUT2D eigenvalue weighted by Crippen LogP contribution is 2.08. The number of anilines is 1. The summed E-state index contributed by atoms with van der Waals surface area (Å²) in [5.41, 5.74) is 0.0423. The average molecular weight is 258 g/mol. The molecule has 1 aromatic rings. The Morgan fingerprint density at radius 2 is 2.06 bits per heavy atom. The molecule has 0 saturated carbocycles. The highest BCUT2D eigenvalue weighted by Gasteiger charge is 2.12. The standard InChI is InChI=1S/C9H10N2O5S/c1-17(15,16)5-8(12)11-7-2-6(9(13)14)3-10-4-7/h2-4H,5H2,1H3,(H,11,12)(H,13,14). The second kappa shape index (κ2) is 4.91. The van der Waals surface area contributed by atoms with E-state index in [9.17, 15) is 18.0 Å². The Morgan fingerprint density at radius 1 is 1.41 bits per heavy atom. The summed E-state index contributed by atoms with van der Waals surface area (Å²) in [6, 6.07) is 1.19. The van der Waals surface area contributed by atoms with Crippen LogP contribution in [0.2, 0.25) is 0 Å². The zero-order chi connectivity index (χ0) is 13.1. The Balaban J connectivity index is 2.79. The van der Waals surface area contributed by atoms with Crippen molar-refractivity contribution in [1.82, 2.24) is 4.98 Å². The van der Waals surface area contributed by atoms with Crippen LogP contribution in [0, 0.1) is 0 Å². The van der Waals surface area contributed by atoms with E-state index in [4.69, 9.17) is 5.11 Å². The van der Waals surface area contributed by atoms with E-state index in [1.54, 1.807) is 0 Å². The lowest BCUT2D eigenvalue weighted by Gasteiger charge is -2.04. The van der Waals surface area contributed by atoms with Crippen molar-refractivity contribution in [2.75, 3.05) is 17.3 Å². The molecule has 8 heteroatoms. The molecule has 0 fully saturated rings. The van der Waals surface area contributed by atoms with Gasteiger partial charge in [0.1, 0.15) is 5.75 Å². The number of carboxylic acids is 1. The molecule has 17 heavy (non-hydrogen) atoms. The summed E-state index contributed by atoms with van der Waals surface area (Å²) < 4.78 is 21.7. The monoisotopic (exact) mass is 258 g/mol. The fourth-order valence-corrected chi connectivity index (χ4v) is 1.61. The van der Waals surface area contributed by atoms with Gasteiger partial charge in [0.2, 0.25) is 5.91 Å². The molecule has 0 saturated heterocycles. The maximum Gasteiger partial charge on any atom is 0.337 e. The quantitative estimate of drug-likeness (QED) is 0.770. The lowest BCUT2D eigenvalue weighted by atomic mass is 10.2. The first-order valence-electron chi connectivity index (χ1n) is 4.44. The van der Waals surface area contributed by atoms with Crippen LogP contribution in [0.15, 0.2) is 18.5 Å². The molecule has 0 aliphatic heterocycles. The van der Waals surface area contributed by atoms with Crippen LogP contribution in [-0.2, 0) is 14.6 Å². The van der Waals surface area contributed by atoms with E-state index >= 15 is 0 Å². The number of carbonyl (C=O) groups excluding carboxylic acids is 1. The van der Waals surface area contributed by atoms with Gasteiger partial charge in [-0.3, -0.25) is 9.78 Å². The molecule has 0 atom stereocenters. The molecular weight excluding hydrogens is 248 g/mol. The topological polar surface area (TPSA) is 113 Å². The number of hydrogen-bond donors (Lipinski definition) is 2. The van der Waals surface area contributed by atoms with Gasteiger partial charge in [0.15, 0.2) is 9.84 Å². The number of hydrogen-bond acceptors (Lipinski definition) is 5.